The Hall–Kier alpha value is -1.42. The fourth-order valence-corrected chi connectivity index (χ4v) is 1.85. The van der Waals surface area contributed by atoms with E-state index >= 15 is 0 Å². The second kappa shape index (κ2) is 3.14. The van der Waals surface area contributed by atoms with Crippen molar-refractivity contribution in [2.45, 2.75) is 6.92 Å². The Kier molecular flexibility index (Phi) is 1.98. The van der Waals surface area contributed by atoms with E-state index in [9.17, 15) is 4.79 Å². The van der Waals surface area contributed by atoms with Gasteiger partial charge in [0.1, 0.15) is 5.69 Å². The first-order valence-corrected chi connectivity index (χ1v) is 4.64. The summed E-state index contributed by atoms with van der Waals surface area (Å²) in [5, 5.41) is 2.47. The molecule has 0 fully saturated rings. The molecule has 0 spiro atoms. The number of furan rings is 1. The fourth-order valence-electron chi connectivity index (χ4n) is 1.04. The van der Waals surface area contributed by atoms with E-state index in [1.807, 2.05) is 13.0 Å². The molecule has 4 heteroatoms. The van der Waals surface area contributed by atoms with Gasteiger partial charge in [-0.15, -0.1) is 11.3 Å². The van der Waals surface area contributed by atoms with E-state index in [2.05, 4.69) is 4.98 Å². The summed E-state index contributed by atoms with van der Waals surface area (Å²) >= 11 is 1.41. The van der Waals surface area contributed by atoms with Crippen LogP contribution in [0.25, 0.3) is 10.8 Å². The maximum absolute atomic E-state index is 10.4. The molecule has 0 aliphatic rings. The Morgan fingerprint density at radius 3 is 3.00 bits per heavy atom. The number of thiazole rings is 1. The Balaban J connectivity index is 2.46. The third-order valence-electron chi connectivity index (χ3n) is 1.70. The van der Waals surface area contributed by atoms with Crippen LogP contribution in [0, 0.1) is 6.92 Å². The third-order valence-corrected chi connectivity index (χ3v) is 2.56. The van der Waals surface area contributed by atoms with Gasteiger partial charge >= 0.3 is 0 Å². The van der Waals surface area contributed by atoms with E-state index in [0.29, 0.717) is 5.69 Å². The molecule has 0 aromatic carbocycles. The fraction of sp³-hybridized carbons (Fsp3) is 0.111. The van der Waals surface area contributed by atoms with Gasteiger partial charge in [0.15, 0.2) is 17.1 Å². The van der Waals surface area contributed by atoms with Crippen LogP contribution in [0.15, 0.2) is 22.1 Å². The van der Waals surface area contributed by atoms with Crippen LogP contribution in [0.3, 0.4) is 0 Å². The molecular weight excluding hydrogens is 186 g/mol. The molecule has 2 rings (SSSR count). The van der Waals surface area contributed by atoms with Crippen LogP contribution in [-0.4, -0.2) is 11.3 Å². The molecule has 0 aliphatic heterocycles. The van der Waals surface area contributed by atoms with E-state index in [4.69, 9.17) is 4.42 Å². The Morgan fingerprint density at radius 1 is 1.62 bits per heavy atom. The number of carbonyl (C=O) groups excluding carboxylic acids is 1. The zero-order valence-corrected chi connectivity index (χ0v) is 7.80. The molecule has 0 N–H and O–H groups in total. The van der Waals surface area contributed by atoms with Crippen LogP contribution in [0.5, 0.6) is 0 Å². The maximum Gasteiger partial charge on any atom is 0.169 e. The minimum Gasteiger partial charge on any atom is -0.462 e. The highest BCUT2D eigenvalue weighted by molar-refractivity contribution is 7.13. The molecule has 2 aromatic heterocycles. The van der Waals surface area contributed by atoms with Crippen LogP contribution in [0.1, 0.15) is 16.1 Å². The summed E-state index contributed by atoms with van der Waals surface area (Å²) in [5.41, 5.74) is 1.49. The number of rotatable bonds is 2. The van der Waals surface area contributed by atoms with Gasteiger partial charge in [-0.05, 0) is 18.6 Å². The average Bonchev–Trinajstić information content (AvgIpc) is 2.71. The van der Waals surface area contributed by atoms with Crippen LogP contribution in [0.4, 0.5) is 0 Å². The van der Waals surface area contributed by atoms with Crippen molar-refractivity contribution < 1.29 is 9.21 Å². The molecule has 0 saturated carbocycles. The Morgan fingerprint density at radius 2 is 2.46 bits per heavy atom. The predicted octanol–water partition coefficient (Wildman–Crippen LogP) is 2.52. The minimum absolute atomic E-state index is 0.454. The van der Waals surface area contributed by atoms with Gasteiger partial charge in [-0.3, -0.25) is 4.79 Å². The molecule has 2 aromatic rings. The van der Waals surface area contributed by atoms with Crippen molar-refractivity contribution in [2.24, 2.45) is 0 Å². The van der Waals surface area contributed by atoms with Crippen molar-refractivity contribution >= 4 is 17.6 Å². The lowest BCUT2D eigenvalue weighted by Crippen LogP contribution is -1.79. The van der Waals surface area contributed by atoms with Crippen molar-refractivity contribution in [3.8, 4) is 10.8 Å². The summed E-state index contributed by atoms with van der Waals surface area (Å²) in [5.74, 6) is 0.748. The number of carbonyl (C=O) groups is 1. The van der Waals surface area contributed by atoms with E-state index in [1.165, 1.54) is 11.3 Å². The first kappa shape index (κ1) is 8.19. The van der Waals surface area contributed by atoms with E-state index in [0.717, 1.165) is 22.6 Å². The molecule has 2 heterocycles. The van der Waals surface area contributed by atoms with Crippen molar-refractivity contribution in [1.82, 2.24) is 4.98 Å². The smallest absolute Gasteiger partial charge is 0.169 e. The molecule has 0 unspecified atom stereocenters. The largest absolute Gasteiger partial charge is 0.462 e. The molecule has 3 nitrogen and oxygen atoms in total. The quantitative estimate of drug-likeness (QED) is 0.688. The molecule has 0 bridgehead atoms. The van der Waals surface area contributed by atoms with Crippen molar-refractivity contribution in [2.75, 3.05) is 0 Å². The summed E-state index contributed by atoms with van der Waals surface area (Å²) < 4.78 is 5.24. The third kappa shape index (κ3) is 1.40. The van der Waals surface area contributed by atoms with Crippen molar-refractivity contribution in [3.63, 3.8) is 0 Å². The summed E-state index contributed by atoms with van der Waals surface area (Å²) in [6.45, 7) is 1.95. The van der Waals surface area contributed by atoms with Crippen LogP contribution in [-0.2, 0) is 0 Å². The van der Waals surface area contributed by atoms with Crippen molar-refractivity contribution in [3.05, 3.63) is 29.0 Å². The van der Waals surface area contributed by atoms with Gasteiger partial charge in [0.05, 0.1) is 6.26 Å². The second-order valence-electron chi connectivity index (χ2n) is 2.63. The highest BCUT2D eigenvalue weighted by Crippen LogP contribution is 2.26. The summed E-state index contributed by atoms with van der Waals surface area (Å²) in [4.78, 5) is 14.5. The highest BCUT2D eigenvalue weighted by atomic mass is 32.1. The number of hydrogen-bond acceptors (Lipinski definition) is 4. The van der Waals surface area contributed by atoms with E-state index in [-0.39, 0.29) is 0 Å². The summed E-state index contributed by atoms with van der Waals surface area (Å²) in [6.07, 6.45) is 2.35. The zero-order chi connectivity index (χ0) is 9.26. The lowest BCUT2D eigenvalue weighted by Gasteiger charge is -1.89. The minimum atomic E-state index is 0.454. The number of aldehydes is 1. The molecule has 0 atom stereocenters. The summed E-state index contributed by atoms with van der Waals surface area (Å²) in [6, 6.07) is 1.87. The molecule has 0 aliphatic carbocycles. The second-order valence-corrected chi connectivity index (χ2v) is 3.49. The van der Waals surface area contributed by atoms with Gasteiger partial charge in [-0.1, -0.05) is 0 Å². The maximum atomic E-state index is 10.4. The number of hydrogen-bond donors (Lipinski definition) is 0. The van der Waals surface area contributed by atoms with Crippen molar-refractivity contribution in [1.29, 1.82) is 0 Å². The van der Waals surface area contributed by atoms with Crippen LogP contribution >= 0.6 is 11.3 Å². The topological polar surface area (TPSA) is 43.1 Å². The summed E-state index contributed by atoms with van der Waals surface area (Å²) in [7, 11) is 0. The molecule has 13 heavy (non-hydrogen) atoms. The first-order valence-electron chi connectivity index (χ1n) is 3.76. The SMILES string of the molecule is Cc1ccoc1-c1nc(C=O)cs1. The molecule has 0 amide bonds. The lowest BCUT2D eigenvalue weighted by atomic mass is 10.3. The standard InChI is InChI=1S/C9H7NO2S/c1-6-2-3-12-8(6)9-10-7(4-11)5-13-9/h2-5H,1H3. The van der Waals surface area contributed by atoms with Gasteiger partial charge in [0.2, 0.25) is 0 Å². The van der Waals surface area contributed by atoms with Gasteiger partial charge in [-0.25, -0.2) is 4.98 Å². The number of nitrogens with zero attached hydrogens (tertiary/aromatic N) is 1. The predicted molar refractivity (Wildman–Crippen MR) is 49.9 cm³/mol. The molecule has 66 valence electrons. The number of aromatic nitrogens is 1. The van der Waals surface area contributed by atoms with E-state index < -0.39 is 0 Å². The average molecular weight is 193 g/mol. The van der Waals surface area contributed by atoms with E-state index in [1.54, 1.807) is 11.6 Å². The zero-order valence-electron chi connectivity index (χ0n) is 6.98. The number of aryl methyl sites for hydroxylation is 1. The first-order chi connectivity index (χ1) is 6.31. The Bertz CT molecular complexity index is 430. The Labute approximate surface area is 79.0 Å². The lowest BCUT2D eigenvalue weighted by molar-refractivity contribution is 0.111. The molecule has 0 radical (unpaired) electrons. The molecular formula is C9H7NO2S. The normalized spacial score (nSPS) is 10.2. The van der Waals surface area contributed by atoms with Gasteiger partial charge in [-0.2, -0.15) is 0 Å². The monoisotopic (exact) mass is 193 g/mol. The van der Waals surface area contributed by atoms with Gasteiger partial charge in [0.25, 0.3) is 0 Å². The molecule has 0 saturated heterocycles. The van der Waals surface area contributed by atoms with Crippen LogP contribution < -0.4 is 0 Å². The van der Waals surface area contributed by atoms with Gasteiger partial charge < -0.3 is 4.42 Å². The van der Waals surface area contributed by atoms with Gasteiger partial charge in [0, 0.05) is 5.38 Å². The highest BCUT2D eigenvalue weighted by Gasteiger charge is 2.09. The van der Waals surface area contributed by atoms with Crippen LogP contribution in [0.2, 0.25) is 0 Å².